The van der Waals surface area contributed by atoms with Crippen LogP contribution in [0.4, 0.5) is 5.82 Å². The van der Waals surface area contributed by atoms with Gasteiger partial charge >= 0.3 is 5.69 Å². The summed E-state index contributed by atoms with van der Waals surface area (Å²) in [6.45, 7) is 2.01. The van der Waals surface area contributed by atoms with Crippen LogP contribution in [0.2, 0.25) is 0 Å². The van der Waals surface area contributed by atoms with Crippen LogP contribution in [-0.4, -0.2) is 22.7 Å². The summed E-state index contributed by atoms with van der Waals surface area (Å²) in [7, 11) is 1.74. The molecule has 1 aromatic heterocycles. The molecule has 1 N–H and O–H groups in total. The van der Waals surface area contributed by atoms with Gasteiger partial charge in [-0.3, -0.25) is 4.57 Å². The molecule has 2 atom stereocenters. The molecule has 1 aliphatic heterocycles. The van der Waals surface area contributed by atoms with Crippen molar-refractivity contribution in [2.24, 2.45) is 0 Å². The van der Waals surface area contributed by atoms with Crippen LogP contribution in [0.5, 0.6) is 0 Å². The van der Waals surface area contributed by atoms with Crippen molar-refractivity contribution in [2.75, 3.05) is 12.4 Å². The van der Waals surface area contributed by atoms with Crippen molar-refractivity contribution >= 4 is 5.82 Å². The van der Waals surface area contributed by atoms with E-state index in [4.69, 9.17) is 4.74 Å². The van der Waals surface area contributed by atoms with Crippen LogP contribution < -0.4 is 11.0 Å². The Bertz CT molecular complexity index is 402. The normalized spacial score (nSPS) is 25.5. The third-order valence-electron chi connectivity index (χ3n) is 2.61. The first-order valence-corrected chi connectivity index (χ1v) is 5.13. The van der Waals surface area contributed by atoms with Gasteiger partial charge in [0.1, 0.15) is 12.0 Å². The largest absolute Gasteiger partial charge is 0.373 e. The monoisotopic (exact) mass is 209 g/mol. The van der Waals surface area contributed by atoms with Crippen molar-refractivity contribution in [3.63, 3.8) is 0 Å². The molecule has 82 valence electrons. The predicted molar refractivity (Wildman–Crippen MR) is 56.9 cm³/mol. The van der Waals surface area contributed by atoms with E-state index in [1.807, 2.05) is 6.92 Å². The van der Waals surface area contributed by atoms with Gasteiger partial charge in [0.15, 0.2) is 0 Å². The molecule has 1 saturated heterocycles. The molecule has 5 heteroatoms. The lowest BCUT2D eigenvalue weighted by molar-refractivity contribution is 0.00805. The van der Waals surface area contributed by atoms with Gasteiger partial charge in [-0.15, -0.1) is 0 Å². The van der Waals surface area contributed by atoms with Gasteiger partial charge in [0.25, 0.3) is 0 Å². The van der Waals surface area contributed by atoms with E-state index in [0.29, 0.717) is 5.82 Å². The molecule has 0 saturated carbocycles. The second kappa shape index (κ2) is 4.02. The average molecular weight is 209 g/mol. The predicted octanol–water partition coefficient (Wildman–Crippen LogP) is 0.982. The summed E-state index contributed by atoms with van der Waals surface area (Å²) in [4.78, 5) is 15.5. The van der Waals surface area contributed by atoms with Crippen LogP contribution in [0.15, 0.2) is 17.1 Å². The van der Waals surface area contributed by atoms with Crippen molar-refractivity contribution in [1.29, 1.82) is 0 Å². The number of nitrogens with zero attached hydrogens (tertiary/aromatic N) is 2. The average Bonchev–Trinajstić information content (AvgIpc) is 2.64. The molecule has 2 unspecified atom stereocenters. The second-order valence-corrected chi connectivity index (χ2v) is 3.73. The van der Waals surface area contributed by atoms with Crippen molar-refractivity contribution < 1.29 is 4.74 Å². The van der Waals surface area contributed by atoms with Gasteiger partial charge in [-0.25, -0.2) is 4.79 Å². The zero-order valence-corrected chi connectivity index (χ0v) is 8.93. The number of ether oxygens (including phenoxy) is 1. The van der Waals surface area contributed by atoms with Crippen molar-refractivity contribution in [3.05, 3.63) is 22.7 Å². The van der Waals surface area contributed by atoms with E-state index in [0.717, 1.165) is 12.8 Å². The topological polar surface area (TPSA) is 56.2 Å². The smallest absolute Gasteiger partial charge is 0.351 e. The molecule has 0 aliphatic carbocycles. The summed E-state index contributed by atoms with van der Waals surface area (Å²) in [6, 6.07) is 1.77. The maximum atomic E-state index is 11.6. The molecular weight excluding hydrogens is 194 g/mol. The Morgan fingerprint density at radius 2 is 2.40 bits per heavy atom. The molecule has 1 aliphatic rings. The standard InChI is InChI=1S/C10H15N3O2/c1-7-3-4-9(15-7)13-6-5-8(11-2)12-10(13)14/h5-7,9H,3-4H2,1-2H3,(H,11,12,14). The summed E-state index contributed by atoms with van der Waals surface area (Å²) in [5.74, 6) is 0.585. The van der Waals surface area contributed by atoms with E-state index in [2.05, 4.69) is 10.3 Å². The summed E-state index contributed by atoms with van der Waals surface area (Å²) >= 11 is 0. The van der Waals surface area contributed by atoms with Crippen molar-refractivity contribution in [3.8, 4) is 0 Å². The Morgan fingerprint density at radius 1 is 1.60 bits per heavy atom. The lowest BCUT2D eigenvalue weighted by atomic mass is 10.2. The Morgan fingerprint density at radius 3 is 2.93 bits per heavy atom. The Labute approximate surface area is 88.1 Å². The van der Waals surface area contributed by atoms with E-state index in [9.17, 15) is 4.79 Å². The van der Waals surface area contributed by atoms with E-state index < -0.39 is 0 Å². The van der Waals surface area contributed by atoms with E-state index >= 15 is 0 Å². The first kappa shape index (κ1) is 10.2. The molecule has 0 bridgehead atoms. The molecule has 1 aromatic rings. The molecule has 1 fully saturated rings. The van der Waals surface area contributed by atoms with Crippen LogP contribution >= 0.6 is 0 Å². The van der Waals surface area contributed by atoms with Crippen molar-refractivity contribution in [2.45, 2.75) is 32.1 Å². The van der Waals surface area contributed by atoms with Crippen LogP contribution in [0.1, 0.15) is 26.0 Å². The third-order valence-corrected chi connectivity index (χ3v) is 2.61. The Hall–Kier alpha value is -1.36. The molecular formula is C10H15N3O2. The maximum Gasteiger partial charge on any atom is 0.351 e. The molecule has 0 radical (unpaired) electrons. The minimum absolute atomic E-state index is 0.147. The summed E-state index contributed by atoms with van der Waals surface area (Å²) in [6.07, 6.45) is 3.67. The molecule has 0 amide bonds. The number of hydrogen-bond donors (Lipinski definition) is 1. The molecule has 2 heterocycles. The Kier molecular flexibility index (Phi) is 2.73. The van der Waals surface area contributed by atoms with E-state index in [-0.39, 0.29) is 18.0 Å². The molecule has 2 rings (SSSR count). The highest BCUT2D eigenvalue weighted by Gasteiger charge is 2.23. The van der Waals surface area contributed by atoms with E-state index in [1.165, 1.54) is 0 Å². The number of hydrogen-bond acceptors (Lipinski definition) is 4. The number of rotatable bonds is 2. The summed E-state index contributed by atoms with van der Waals surface area (Å²) < 4.78 is 7.15. The van der Waals surface area contributed by atoms with Crippen LogP contribution in [-0.2, 0) is 4.74 Å². The highest BCUT2D eigenvalue weighted by Crippen LogP contribution is 2.26. The molecule has 0 aromatic carbocycles. The fraction of sp³-hybridized carbons (Fsp3) is 0.600. The minimum atomic E-state index is -0.263. The zero-order valence-electron chi connectivity index (χ0n) is 8.93. The first-order valence-electron chi connectivity index (χ1n) is 5.13. The summed E-state index contributed by atoms with van der Waals surface area (Å²) in [5.41, 5.74) is -0.263. The van der Waals surface area contributed by atoms with Crippen molar-refractivity contribution in [1.82, 2.24) is 9.55 Å². The SMILES string of the molecule is CNc1ccn(C2CCC(C)O2)c(=O)n1. The first-order chi connectivity index (χ1) is 7.20. The zero-order chi connectivity index (χ0) is 10.8. The van der Waals surface area contributed by atoms with Gasteiger partial charge in [-0.1, -0.05) is 0 Å². The van der Waals surface area contributed by atoms with Crippen LogP contribution in [0.25, 0.3) is 0 Å². The van der Waals surface area contributed by atoms with Gasteiger partial charge in [-0.05, 0) is 25.8 Å². The van der Waals surface area contributed by atoms with Crippen LogP contribution in [0.3, 0.4) is 0 Å². The van der Waals surface area contributed by atoms with Gasteiger partial charge in [0, 0.05) is 13.2 Å². The minimum Gasteiger partial charge on any atom is -0.373 e. The fourth-order valence-corrected chi connectivity index (χ4v) is 1.76. The lowest BCUT2D eigenvalue weighted by Crippen LogP contribution is -2.27. The van der Waals surface area contributed by atoms with Crippen LogP contribution in [0, 0.1) is 0 Å². The molecule has 15 heavy (non-hydrogen) atoms. The summed E-state index contributed by atoms with van der Waals surface area (Å²) in [5, 5.41) is 2.83. The highest BCUT2D eigenvalue weighted by molar-refractivity contribution is 5.30. The molecule has 5 nitrogen and oxygen atoms in total. The Balaban J connectivity index is 2.26. The third kappa shape index (κ3) is 2.02. The molecule has 0 spiro atoms. The number of anilines is 1. The van der Waals surface area contributed by atoms with Gasteiger partial charge in [0.05, 0.1) is 6.10 Å². The maximum absolute atomic E-state index is 11.6. The van der Waals surface area contributed by atoms with Gasteiger partial charge < -0.3 is 10.1 Å². The van der Waals surface area contributed by atoms with E-state index in [1.54, 1.807) is 23.9 Å². The quantitative estimate of drug-likeness (QED) is 0.789. The fourth-order valence-electron chi connectivity index (χ4n) is 1.76. The second-order valence-electron chi connectivity index (χ2n) is 3.73. The number of aromatic nitrogens is 2. The van der Waals surface area contributed by atoms with Gasteiger partial charge in [0.2, 0.25) is 0 Å². The highest BCUT2D eigenvalue weighted by atomic mass is 16.5. The number of nitrogens with one attached hydrogen (secondary N) is 1. The lowest BCUT2D eigenvalue weighted by Gasteiger charge is -2.13. The van der Waals surface area contributed by atoms with Gasteiger partial charge in [-0.2, -0.15) is 4.98 Å².